The van der Waals surface area contributed by atoms with E-state index >= 15 is 0 Å². The van der Waals surface area contributed by atoms with Gasteiger partial charge in [-0.1, -0.05) is 29.8 Å². The van der Waals surface area contributed by atoms with Crippen molar-refractivity contribution in [3.63, 3.8) is 0 Å². The van der Waals surface area contributed by atoms with Gasteiger partial charge >= 0.3 is 0 Å². The van der Waals surface area contributed by atoms with Crippen LogP contribution in [0.2, 0.25) is 5.02 Å². The average molecular weight is 571 g/mol. The third-order valence-corrected chi connectivity index (χ3v) is 6.72. The second kappa shape index (κ2) is 13.5. The first-order valence-electron chi connectivity index (χ1n) is 11.6. The number of unbranched alkanes of at least 4 members (excludes halogenated alkanes) is 1. The van der Waals surface area contributed by atoms with Gasteiger partial charge in [0.25, 0.3) is 5.56 Å². The Hall–Kier alpha value is -2.09. The van der Waals surface area contributed by atoms with Gasteiger partial charge in [0.1, 0.15) is 0 Å². The Morgan fingerprint density at radius 3 is 2.39 bits per heavy atom. The van der Waals surface area contributed by atoms with Crippen LogP contribution >= 0.6 is 48.8 Å². The Balaban J connectivity index is 0.00000152. The van der Waals surface area contributed by atoms with Crippen LogP contribution in [0.25, 0.3) is 21.8 Å². The monoisotopic (exact) mass is 569 g/mol. The standard InChI is InChI=1S/C26H28ClN5O.3ClH/c1-19-7-8-22-24(15-19)28-17-23-25(22)29-18-32(26(23)33)10-3-2-9-30-11-13-31(14-12-30)21-6-4-5-20(27)16-21;;;/h4-8,15-18H,2-3,9-14H2,1H3;3*1H. The van der Waals surface area contributed by atoms with E-state index in [1.165, 1.54) is 5.69 Å². The highest BCUT2D eigenvalue weighted by Gasteiger charge is 2.17. The molecule has 36 heavy (non-hydrogen) atoms. The van der Waals surface area contributed by atoms with E-state index in [4.69, 9.17) is 11.6 Å². The summed E-state index contributed by atoms with van der Waals surface area (Å²) in [6, 6.07) is 14.1. The summed E-state index contributed by atoms with van der Waals surface area (Å²) >= 11 is 6.13. The van der Waals surface area contributed by atoms with Crippen LogP contribution in [-0.4, -0.2) is 52.2 Å². The summed E-state index contributed by atoms with van der Waals surface area (Å²) in [6.45, 7) is 7.87. The van der Waals surface area contributed by atoms with Crippen molar-refractivity contribution in [1.29, 1.82) is 0 Å². The van der Waals surface area contributed by atoms with Gasteiger partial charge in [-0.3, -0.25) is 19.2 Å². The van der Waals surface area contributed by atoms with E-state index in [1.807, 2.05) is 43.3 Å². The molecular weight excluding hydrogens is 540 g/mol. The maximum absolute atomic E-state index is 13.0. The number of benzene rings is 2. The number of halogens is 4. The predicted molar refractivity (Wildman–Crippen MR) is 157 cm³/mol. The number of fused-ring (bicyclic) bond motifs is 3. The van der Waals surface area contributed by atoms with E-state index in [9.17, 15) is 4.79 Å². The molecule has 0 spiro atoms. The molecule has 0 aliphatic carbocycles. The van der Waals surface area contributed by atoms with E-state index in [0.29, 0.717) is 11.9 Å². The first kappa shape index (κ1) is 30.1. The number of anilines is 1. The Bertz CT molecular complexity index is 1360. The van der Waals surface area contributed by atoms with Crippen LogP contribution in [-0.2, 0) is 6.54 Å². The highest BCUT2D eigenvalue weighted by atomic mass is 35.5. The van der Waals surface area contributed by atoms with Crippen LogP contribution in [0.15, 0.2) is 59.8 Å². The first-order valence-corrected chi connectivity index (χ1v) is 11.9. The third kappa shape index (κ3) is 6.61. The smallest absolute Gasteiger partial charge is 0.262 e. The molecule has 1 aliphatic heterocycles. The van der Waals surface area contributed by atoms with Crippen molar-refractivity contribution in [2.24, 2.45) is 0 Å². The molecule has 0 saturated carbocycles. The fourth-order valence-electron chi connectivity index (χ4n) is 4.60. The van der Waals surface area contributed by atoms with Gasteiger partial charge in [-0.05, 0) is 56.1 Å². The second-order valence-corrected chi connectivity index (χ2v) is 9.24. The molecular formula is C26H31Cl4N5O. The van der Waals surface area contributed by atoms with Crippen LogP contribution in [0.4, 0.5) is 5.69 Å². The van der Waals surface area contributed by atoms with E-state index in [-0.39, 0.29) is 42.8 Å². The summed E-state index contributed by atoms with van der Waals surface area (Å²) in [5.74, 6) is 0. The van der Waals surface area contributed by atoms with Crippen LogP contribution in [0.5, 0.6) is 0 Å². The van der Waals surface area contributed by atoms with Gasteiger partial charge < -0.3 is 4.90 Å². The molecule has 194 valence electrons. The van der Waals surface area contributed by atoms with E-state index < -0.39 is 0 Å². The predicted octanol–water partition coefficient (Wildman–Crippen LogP) is 5.77. The van der Waals surface area contributed by atoms with Gasteiger partial charge in [0.15, 0.2) is 0 Å². The number of pyridine rings is 1. The molecule has 0 amide bonds. The lowest BCUT2D eigenvalue weighted by Crippen LogP contribution is -2.46. The van der Waals surface area contributed by atoms with Gasteiger partial charge in [-0.25, -0.2) is 4.98 Å². The van der Waals surface area contributed by atoms with Crippen molar-refractivity contribution in [2.45, 2.75) is 26.3 Å². The maximum Gasteiger partial charge on any atom is 0.262 e. The van der Waals surface area contributed by atoms with Crippen molar-refractivity contribution in [2.75, 3.05) is 37.6 Å². The summed E-state index contributed by atoms with van der Waals surface area (Å²) in [6.07, 6.45) is 5.36. The number of aryl methyl sites for hydroxylation is 2. The zero-order valence-corrected chi connectivity index (χ0v) is 23.3. The highest BCUT2D eigenvalue weighted by Crippen LogP contribution is 2.22. The van der Waals surface area contributed by atoms with E-state index in [2.05, 4.69) is 25.8 Å². The minimum atomic E-state index is -0.00916. The number of hydrogen-bond acceptors (Lipinski definition) is 5. The van der Waals surface area contributed by atoms with Crippen molar-refractivity contribution in [1.82, 2.24) is 19.4 Å². The molecule has 4 aromatic rings. The van der Waals surface area contributed by atoms with Gasteiger partial charge in [-0.2, -0.15) is 0 Å². The summed E-state index contributed by atoms with van der Waals surface area (Å²) in [7, 11) is 0. The third-order valence-electron chi connectivity index (χ3n) is 6.48. The Morgan fingerprint density at radius 1 is 0.889 bits per heavy atom. The van der Waals surface area contributed by atoms with E-state index in [0.717, 1.165) is 72.6 Å². The number of rotatable bonds is 6. The van der Waals surface area contributed by atoms with Gasteiger partial charge in [0.05, 0.1) is 22.7 Å². The van der Waals surface area contributed by atoms with Gasteiger partial charge in [-0.15, -0.1) is 37.2 Å². The average Bonchev–Trinajstić information content (AvgIpc) is 2.83. The quantitative estimate of drug-likeness (QED) is 0.217. The molecule has 1 saturated heterocycles. The summed E-state index contributed by atoms with van der Waals surface area (Å²) in [5.41, 5.74) is 3.95. The molecule has 3 heterocycles. The van der Waals surface area contributed by atoms with Gasteiger partial charge in [0.2, 0.25) is 0 Å². The lowest BCUT2D eigenvalue weighted by Gasteiger charge is -2.36. The molecule has 0 atom stereocenters. The fraction of sp³-hybridized carbons (Fsp3) is 0.346. The Kier molecular flexibility index (Phi) is 11.3. The summed E-state index contributed by atoms with van der Waals surface area (Å²) < 4.78 is 1.72. The molecule has 10 heteroatoms. The minimum Gasteiger partial charge on any atom is -0.369 e. The van der Waals surface area contributed by atoms with Crippen LogP contribution in [0.1, 0.15) is 18.4 Å². The zero-order chi connectivity index (χ0) is 22.8. The van der Waals surface area contributed by atoms with Crippen molar-refractivity contribution < 1.29 is 0 Å². The molecule has 5 rings (SSSR count). The second-order valence-electron chi connectivity index (χ2n) is 8.80. The lowest BCUT2D eigenvalue weighted by molar-refractivity contribution is 0.251. The summed E-state index contributed by atoms with van der Waals surface area (Å²) in [5, 5.41) is 2.30. The molecule has 6 nitrogen and oxygen atoms in total. The first-order chi connectivity index (χ1) is 16.1. The Morgan fingerprint density at radius 2 is 1.64 bits per heavy atom. The van der Waals surface area contributed by atoms with Crippen molar-refractivity contribution in [3.05, 3.63) is 75.9 Å². The summed E-state index contributed by atoms with van der Waals surface area (Å²) in [4.78, 5) is 27.0. The lowest BCUT2D eigenvalue weighted by atomic mass is 10.1. The maximum atomic E-state index is 13.0. The van der Waals surface area contributed by atoms with Crippen LogP contribution in [0, 0.1) is 6.92 Å². The topological polar surface area (TPSA) is 54.3 Å². The molecule has 1 fully saturated rings. The minimum absolute atomic E-state index is 0. The van der Waals surface area contributed by atoms with Crippen LogP contribution in [0.3, 0.4) is 0 Å². The highest BCUT2D eigenvalue weighted by molar-refractivity contribution is 6.30. The molecule has 2 aromatic heterocycles. The van der Waals surface area contributed by atoms with Crippen LogP contribution < -0.4 is 10.5 Å². The molecule has 0 bridgehead atoms. The molecule has 1 aliphatic rings. The molecule has 2 aromatic carbocycles. The Labute approximate surface area is 234 Å². The largest absolute Gasteiger partial charge is 0.369 e. The number of piperazine rings is 1. The van der Waals surface area contributed by atoms with E-state index in [1.54, 1.807) is 17.1 Å². The number of aromatic nitrogens is 3. The SMILES string of the molecule is Cc1ccc2c(c1)ncc1c(=O)n(CCCCN3CCN(c4cccc(Cl)c4)CC3)cnc12.Cl.Cl.Cl. The number of hydrogen-bond donors (Lipinski definition) is 0. The van der Waals surface area contributed by atoms with Gasteiger partial charge in [0, 0.05) is 55.0 Å². The van der Waals surface area contributed by atoms with Crippen molar-refractivity contribution >= 4 is 76.3 Å². The molecule has 0 radical (unpaired) electrons. The molecule has 0 N–H and O–H groups in total. The zero-order valence-electron chi connectivity index (χ0n) is 20.1. The number of nitrogens with zero attached hydrogens (tertiary/aromatic N) is 5. The fourth-order valence-corrected chi connectivity index (χ4v) is 4.78. The molecule has 0 unspecified atom stereocenters. The normalized spacial score (nSPS) is 13.7. The van der Waals surface area contributed by atoms with Crippen molar-refractivity contribution in [3.8, 4) is 0 Å².